The van der Waals surface area contributed by atoms with Crippen LogP contribution in [0.25, 0.3) is 0 Å². The molecule has 3 nitrogen and oxygen atoms in total. The molecule has 1 unspecified atom stereocenters. The molecule has 1 aliphatic rings. The Morgan fingerprint density at radius 3 is 2.89 bits per heavy atom. The minimum absolute atomic E-state index is 0.255. The lowest BCUT2D eigenvalue weighted by molar-refractivity contribution is 0.0156. The summed E-state index contributed by atoms with van der Waals surface area (Å²) in [7, 11) is 0. The van der Waals surface area contributed by atoms with Gasteiger partial charge >= 0.3 is 0 Å². The number of aromatic nitrogens is 2. The Morgan fingerprint density at radius 2 is 2.22 bits per heavy atom. The van der Waals surface area contributed by atoms with Crippen molar-refractivity contribution in [2.75, 3.05) is 6.61 Å². The van der Waals surface area contributed by atoms with E-state index >= 15 is 0 Å². The molecule has 18 heavy (non-hydrogen) atoms. The SMILES string of the molecule is CCCc1nc(CC2CCCCO2)nc(Cl)c1Br. The van der Waals surface area contributed by atoms with Crippen LogP contribution in [0.5, 0.6) is 0 Å². The van der Waals surface area contributed by atoms with E-state index in [0.29, 0.717) is 5.15 Å². The maximum absolute atomic E-state index is 6.13. The van der Waals surface area contributed by atoms with Gasteiger partial charge in [-0.05, 0) is 41.6 Å². The van der Waals surface area contributed by atoms with Gasteiger partial charge in [-0.15, -0.1) is 0 Å². The van der Waals surface area contributed by atoms with Crippen molar-refractivity contribution in [3.8, 4) is 0 Å². The van der Waals surface area contributed by atoms with E-state index in [1.807, 2.05) is 0 Å². The Balaban J connectivity index is 2.11. The van der Waals surface area contributed by atoms with Gasteiger partial charge in [0.25, 0.3) is 0 Å². The second kappa shape index (κ2) is 6.83. The molecule has 100 valence electrons. The smallest absolute Gasteiger partial charge is 0.147 e. The lowest BCUT2D eigenvalue weighted by Gasteiger charge is -2.22. The molecular formula is C13H18BrClN2O. The number of ether oxygens (including phenoxy) is 1. The van der Waals surface area contributed by atoms with E-state index in [9.17, 15) is 0 Å². The number of halogens is 2. The third-order valence-corrected chi connectivity index (χ3v) is 4.43. The van der Waals surface area contributed by atoms with E-state index in [2.05, 4.69) is 32.8 Å². The molecule has 0 radical (unpaired) electrons. The average Bonchev–Trinajstić information content (AvgIpc) is 2.37. The van der Waals surface area contributed by atoms with Crippen LogP contribution >= 0.6 is 27.5 Å². The normalized spacial score (nSPS) is 20.1. The van der Waals surface area contributed by atoms with Gasteiger partial charge in [-0.25, -0.2) is 9.97 Å². The van der Waals surface area contributed by atoms with E-state index in [4.69, 9.17) is 16.3 Å². The molecule has 0 N–H and O–H groups in total. The number of rotatable bonds is 4. The fourth-order valence-corrected chi connectivity index (χ4v) is 2.76. The molecule has 5 heteroatoms. The van der Waals surface area contributed by atoms with Crippen molar-refractivity contribution in [1.82, 2.24) is 9.97 Å². The topological polar surface area (TPSA) is 35.0 Å². The predicted octanol–water partition coefficient (Wildman–Crippen LogP) is 3.96. The van der Waals surface area contributed by atoms with Crippen LogP contribution < -0.4 is 0 Å². The van der Waals surface area contributed by atoms with Gasteiger partial charge < -0.3 is 4.74 Å². The minimum Gasteiger partial charge on any atom is -0.378 e. The van der Waals surface area contributed by atoms with Crippen LogP contribution in [0.15, 0.2) is 4.47 Å². The van der Waals surface area contributed by atoms with E-state index in [1.54, 1.807) is 0 Å². The van der Waals surface area contributed by atoms with Gasteiger partial charge in [0.15, 0.2) is 0 Å². The maximum atomic E-state index is 6.13. The van der Waals surface area contributed by atoms with Gasteiger partial charge in [0.05, 0.1) is 16.3 Å². The Morgan fingerprint density at radius 1 is 1.39 bits per heavy atom. The number of hydrogen-bond acceptors (Lipinski definition) is 3. The lowest BCUT2D eigenvalue weighted by atomic mass is 10.1. The molecule has 1 aliphatic heterocycles. The van der Waals surface area contributed by atoms with Crippen molar-refractivity contribution in [3.05, 3.63) is 21.1 Å². The fourth-order valence-electron chi connectivity index (χ4n) is 2.18. The molecule has 0 saturated carbocycles. The van der Waals surface area contributed by atoms with Gasteiger partial charge in [0.1, 0.15) is 11.0 Å². The van der Waals surface area contributed by atoms with Crippen molar-refractivity contribution in [3.63, 3.8) is 0 Å². The number of hydrogen-bond donors (Lipinski definition) is 0. The Labute approximate surface area is 121 Å². The molecule has 0 spiro atoms. The van der Waals surface area contributed by atoms with Gasteiger partial charge in [0, 0.05) is 13.0 Å². The minimum atomic E-state index is 0.255. The summed E-state index contributed by atoms with van der Waals surface area (Å²) in [5, 5.41) is 0.513. The number of aryl methyl sites for hydroxylation is 1. The lowest BCUT2D eigenvalue weighted by Crippen LogP contribution is -2.22. The Hall–Kier alpha value is -0.190. The molecule has 1 saturated heterocycles. The van der Waals surface area contributed by atoms with Gasteiger partial charge in [0.2, 0.25) is 0 Å². The summed E-state index contributed by atoms with van der Waals surface area (Å²) in [6.45, 7) is 2.99. The zero-order chi connectivity index (χ0) is 13.0. The van der Waals surface area contributed by atoms with Gasteiger partial charge in [-0.2, -0.15) is 0 Å². The molecule has 0 aromatic carbocycles. The standard InChI is InChI=1S/C13H18BrClN2O/c1-2-5-10-12(14)13(15)17-11(16-10)8-9-6-3-4-7-18-9/h9H,2-8H2,1H3. The van der Waals surface area contributed by atoms with Crippen molar-refractivity contribution in [2.45, 2.75) is 51.6 Å². The molecule has 1 atom stereocenters. The Kier molecular flexibility index (Phi) is 5.39. The zero-order valence-corrected chi connectivity index (χ0v) is 12.9. The second-order valence-electron chi connectivity index (χ2n) is 4.63. The highest BCUT2D eigenvalue weighted by molar-refractivity contribution is 9.10. The summed E-state index contributed by atoms with van der Waals surface area (Å²) < 4.78 is 6.55. The van der Waals surface area contributed by atoms with E-state index in [-0.39, 0.29) is 6.10 Å². The Bertz CT molecular complexity index is 408. The largest absolute Gasteiger partial charge is 0.378 e. The fraction of sp³-hybridized carbons (Fsp3) is 0.692. The summed E-state index contributed by atoms with van der Waals surface area (Å²) in [6, 6.07) is 0. The first-order chi connectivity index (χ1) is 8.70. The second-order valence-corrected chi connectivity index (χ2v) is 5.79. The first-order valence-corrected chi connectivity index (χ1v) is 7.70. The van der Waals surface area contributed by atoms with Crippen molar-refractivity contribution < 1.29 is 4.74 Å². The third-order valence-electron chi connectivity index (χ3n) is 3.10. The van der Waals surface area contributed by atoms with E-state index in [0.717, 1.165) is 48.3 Å². The summed E-state index contributed by atoms with van der Waals surface area (Å²) in [4.78, 5) is 8.93. The van der Waals surface area contributed by atoms with Crippen molar-refractivity contribution in [1.29, 1.82) is 0 Å². The van der Waals surface area contributed by atoms with Crippen LogP contribution in [0.2, 0.25) is 5.15 Å². The zero-order valence-electron chi connectivity index (χ0n) is 10.6. The summed E-state index contributed by atoms with van der Waals surface area (Å²) in [5.41, 5.74) is 1.00. The van der Waals surface area contributed by atoms with E-state index < -0.39 is 0 Å². The first kappa shape index (κ1) is 14.2. The van der Waals surface area contributed by atoms with Crippen molar-refractivity contribution in [2.24, 2.45) is 0 Å². The third kappa shape index (κ3) is 3.65. The summed E-state index contributed by atoms with van der Waals surface area (Å²) in [5.74, 6) is 0.804. The van der Waals surface area contributed by atoms with Gasteiger partial charge in [-0.3, -0.25) is 0 Å². The molecule has 2 heterocycles. The van der Waals surface area contributed by atoms with Crippen LogP contribution in [0.3, 0.4) is 0 Å². The van der Waals surface area contributed by atoms with Crippen molar-refractivity contribution >= 4 is 27.5 Å². The van der Waals surface area contributed by atoms with E-state index in [1.165, 1.54) is 12.8 Å². The molecule has 1 aromatic heterocycles. The highest BCUT2D eigenvalue weighted by atomic mass is 79.9. The predicted molar refractivity (Wildman–Crippen MR) is 76.0 cm³/mol. The van der Waals surface area contributed by atoms with Crippen LogP contribution in [0, 0.1) is 0 Å². The van der Waals surface area contributed by atoms with Crippen LogP contribution in [0.4, 0.5) is 0 Å². The quantitative estimate of drug-likeness (QED) is 0.782. The monoisotopic (exact) mass is 332 g/mol. The van der Waals surface area contributed by atoms with Crippen LogP contribution in [-0.2, 0) is 17.6 Å². The molecular weight excluding hydrogens is 316 g/mol. The summed E-state index contributed by atoms with van der Waals surface area (Å²) >= 11 is 9.59. The first-order valence-electron chi connectivity index (χ1n) is 6.53. The molecule has 2 rings (SSSR count). The van der Waals surface area contributed by atoms with Crippen LogP contribution in [0.1, 0.15) is 44.1 Å². The average molecular weight is 334 g/mol. The molecule has 0 aliphatic carbocycles. The molecule has 1 aromatic rings. The molecule has 0 amide bonds. The van der Waals surface area contributed by atoms with Crippen LogP contribution in [-0.4, -0.2) is 22.7 Å². The maximum Gasteiger partial charge on any atom is 0.147 e. The summed E-state index contributed by atoms with van der Waals surface area (Å²) in [6.07, 6.45) is 6.48. The molecule has 1 fully saturated rings. The highest BCUT2D eigenvalue weighted by Gasteiger charge is 2.18. The van der Waals surface area contributed by atoms with Gasteiger partial charge in [-0.1, -0.05) is 24.9 Å². The number of nitrogens with zero attached hydrogens (tertiary/aromatic N) is 2. The molecule has 0 bridgehead atoms. The highest BCUT2D eigenvalue weighted by Crippen LogP contribution is 2.25.